The van der Waals surface area contributed by atoms with Crippen LogP contribution in [0.2, 0.25) is 0 Å². The smallest absolute Gasteiger partial charge is 0.258 e. The van der Waals surface area contributed by atoms with Crippen LogP contribution in [0, 0.1) is 13.8 Å². The highest BCUT2D eigenvalue weighted by Gasteiger charge is 2.20. The molecule has 0 radical (unpaired) electrons. The molecule has 1 aliphatic rings. The quantitative estimate of drug-likeness (QED) is 0.886. The fourth-order valence-electron chi connectivity index (χ4n) is 2.50. The minimum Gasteiger partial charge on any atom is -0.483 e. The van der Waals surface area contributed by atoms with Crippen LogP contribution in [-0.4, -0.2) is 29.8 Å². The first-order chi connectivity index (χ1) is 9.54. The van der Waals surface area contributed by atoms with Gasteiger partial charge in [-0.3, -0.25) is 4.79 Å². The third-order valence-electron chi connectivity index (χ3n) is 3.76. The van der Waals surface area contributed by atoms with Crippen molar-refractivity contribution < 1.29 is 14.6 Å². The zero-order valence-electron chi connectivity index (χ0n) is 12.2. The number of rotatable bonds is 4. The summed E-state index contributed by atoms with van der Waals surface area (Å²) in [5.41, 5.74) is 2.15. The van der Waals surface area contributed by atoms with Crippen LogP contribution < -0.4 is 10.1 Å². The van der Waals surface area contributed by atoms with Gasteiger partial charge in [0.15, 0.2) is 6.61 Å². The van der Waals surface area contributed by atoms with E-state index in [1.165, 1.54) is 0 Å². The summed E-state index contributed by atoms with van der Waals surface area (Å²) in [5.74, 6) is 0.673. The number of carbonyl (C=O) groups is 1. The number of amides is 1. The summed E-state index contributed by atoms with van der Waals surface area (Å²) in [5, 5.41) is 12.4. The van der Waals surface area contributed by atoms with Crippen molar-refractivity contribution in [1.29, 1.82) is 0 Å². The molecule has 1 aromatic rings. The molecule has 0 atom stereocenters. The molecule has 0 saturated heterocycles. The maximum Gasteiger partial charge on any atom is 0.258 e. The standard InChI is InChI=1S/C16H23NO3/c1-11-3-4-12(2)15(9-11)20-10-16(19)17-13-5-7-14(18)8-6-13/h3-4,9,13-14,18H,5-8,10H2,1-2H3,(H,17,19). The lowest BCUT2D eigenvalue weighted by Crippen LogP contribution is -2.40. The molecule has 1 aliphatic carbocycles. The van der Waals surface area contributed by atoms with E-state index in [2.05, 4.69) is 5.32 Å². The molecule has 1 aromatic carbocycles. The summed E-state index contributed by atoms with van der Waals surface area (Å²) in [4.78, 5) is 11.9. The summed E-state index contributed by atoms with van der Waals surface area (Å²) in [6.07, 6.45) is 3.02. The summed E-state index contributed by atoms with van der Waals surface area (Å²) >= 11 is 0. The van der Waals surface area contributed by atoms with Crippen LogP contribution >= 0.6 is 0 Å². The number of carbonyl (C=O) groups excluding carboxylic acids is 1. The number of hydrogen-bond donors (Lipinski definition) is 2. The molecule has 1 fully saturated rings. The maximum atomic E-state index is 11.9. The van der Waals surface area contributed by atoms with E-state index < -0.39 is 0 Å². The Labute approximate surface area is 120 Å². The van der Waals surface area contributed by atoms with E-state index in [4.69, 9.17) is 4.74 Å². The molecule has 0 unspecified atom stereocenters. The Hall–Kier alpha value is -1.55. The van der Waals surface area contributed by atoms with Crippen molar-refractivity contribution in [2.75, 3.05) is 6.61 Å². The number of aliphatic hydroxyl groups excluding tert-OH is 1. The Morgan fingerprint density at radius 1 is 1.30 bits per heavy atom. The van der Waals surface area contributed by atoms with Gasteiger partial charge in [-0.05, 0) is 56.7 Å². The van der Waals surface area contributed by atoms with E-state index in [-0.39, 0.29) is 24.7 Å². The first kappa shape index (κ1) is 14.9. The number of aryl methyl sites for hydroxylation is 2. The maximum absolute atomic E-state index is 11.9. The zero-order valence-corrected chi connectivity index (χ0v) is 12.2. The first-order valence-corrected chi connectivity index (χ1v) is 7.22. The van der Waals surface area contributed by atoms with Crippen molar-refractivity contribution in [1.82, 2.24) is 5.32 Å². The van der Waals surface area contributed by atoms with Gasteiger partial charge >= 0.3 is 0 Å². The predicted octanol–water partition coefficient (Wildman–Crippen LogP) is 2.10. The van der Waals surface area contributed by atoms with Crippen molar-refractivity contribution in [2.45, 2.75) is 51.7 Å². The van der Waals surface area contributed by atoms with E-state index in [1.54, 1.807) is 0 Å². The van der Waals surface area contributed by atoms with E-state index in [0.29, 0.717) is 0 Å². The van der Waals surface area contributed by atoms with Gasteiger partial charge in [-0.15, -0.1) is 0 Å². The van der Waals surface area contributed by atoms with Gasteiger partial charge in [0.2, 0.25) is 0 Å². The average molecular weight is 277 g/mol. The number of benzene rings is 1. The summed E-state index contributed by atoms with van der Waals surface area (Å²) in [7, 11) is 0. The fourth-order valence-corrected chi connectivity index (χ4v) is 2.50. The van der Waals surface area contributed by atoms with Gasteiger partial charge in [0, 0.05) is 6.04 Å². The summed E-state index contributed by atoms with van der Waals surface area (Å²) < 4.78 is 5.58. The lowest BCUT2D eigenvalue weighted by atomic mass is 9.93. The van der Waals surface area contributed by atoms with Gasteiger partial charge in [-0.2, -0.15) is 0 Å². The summed E-state index contributed by atoms with van der Waals surface area (Å²) in [6.45, 7) is 4.01. The van der Waals surface area contributed by atoms with Crippen molar-refractivity contribution in [3.05, 3.63) is 29.3 Å². The molecule has 20 heavy (non-hydrogen) atoms. The summed E-state index contributed by atoms with van der Waals surface area (Å²) in [6, 6.07) is 6.13. The van der Waals surface area contributed by atoms with Crippen LogP contribution in [0.1, 0.15) is 36.8 Å². The monoisotopic (exact) mass is 277 g/mol. The van der Waals surface area contributed by atoms with Crippen molar-refractivity contribution in [3.63, 3.8) is 0 Å². The Balaban J connectivity index is 1.79. The van der Waals surface area contributed by atoms with Crippen LogP contribution in [0.25, 0.3) is 0 Å². The van der Waals surface area contributed by atoms with Gasteiger partial charge in [-0.1, -0.05) is 12.1 Å². The molecule has 2 N–H and O–H groups in total. The largest absolute Gasteiger partial charge is 0.483 e. The van der Waals surface area contributed by atoms with Crippen molar-refractivity contribution in [3.8, 4) is 5.75 Å². The molecule has 1 saturated carbocycles. The van der Waals surface area contributed by atoms with Crippen LogP contribution in [-0.2, 0) is 4.79 Å². The van der Waals surface area contributed by atoms with Crippen molar-refractivity contribution in [2.24, 2.45) is 0 Å². The SMILES string of the molecule is Cc1ccc(C)c(OCC(=O)NC2CCC(O)CC2)c1. The number of nitrogens with one attached hydrogen (secondary N) is 1. The van der Waals surface area contributed by atoms with Crippen LogP contribution in [0.15, 0.2) is 18.2 Å². The Bertz CT molecular complexity index is 465. The van der Waals surface area contributed by atoms with Crippen LogP contribution in [0.4, 0.5) is 0 Å². The molecule has 2 rings (SSSR count). The van der Waals surface area contributed by atoms with Gasteiger partial charge in [0.05, 0.1) is 6.10 Å². The second-order valence-corrected chi connectivity index (χ2v) is 5.63. The van der Waals surface area contributed by atoms with E-state index in [0.717, 1.165) is 42.6 Å². The van der Waals surface area contributed by atoms with Crippen LogP contribution in [0.5, 0.6) is 5.75 Å². The van der Waals surface area contributed by atoms with E-state index in [9.17, 15) is 9.90 Å². The molecular weight excluding hydrogens is 254 g/mol. The molecule has 4 heteroatoms. The molecule has 0 aliphatic heterocycles. The molecule has 0 aromatic heterocycles. The number of hydrogen-bond acceptors (Lipinski definition) is 3. The van der Waals surface area contributed by atoms with Crippen LogP contribution in [0.3, 0.4) is 0 Å². The Kier molecular flexibility index (Phi) is 5.01. The highest BCUT2D eigenvalue weighted by molar-refractivity contribution is 5.77. The lowest BCUT2D eigenvalue weighted by Gasteiger charge is -2.26. The normalized spacial score (nSPS) is 22.4. The topological polar surface area (TPSA) is 58.6 Å². The lowest BCUT2D eigenvalue weighted by molar-refractivity contribution is -0.124. The minimum atomic E-state index is -0.200. The fraction of sp³-hybridized carbons (Fsp3) is 0.562. The highest BCUT2D eigenvalue weighted by Crippen LogP contribution is 2.20. The third kappa shape index (κ3) is 4.23. The molecule has 110 valence electrons. The predicted molar refractivity (Wildman–Crippen MR) is 77.8 cm³/mol. The van der Waals surface area contributed by atoms with Gasteiger partial charge in [0.1, 0.15) is 5.75 Å². The molecule has 0 bridgehead atoms. The van der Waals surface area contributed by atoms with Crippen molar-refractivity contribution >= 4 is 5.91 Å². The minimum absolute atomic E-state index is 0.0450. The van der Waals surface area contributed by atoms with Gasteiger partial charge in [0.25, 0.3) is 5.91 Å². The number of ether oxygens (including phenoxy) is 1. The Morgan fingerprint density at radius 3 is 2.70 bits per heavy atom. The third-order valence-corrected chi connectivity index (χ3v) is 3.76. The molecular formula is C16H23NO3. The average Bonchev–Trinajstić information content (AvgIpc) is 2.42. The highest BCUT2D eigenvalue weighted by atomic mass is 16.5. The molecule has 4 nitrogen and oxygen atoms in total. The van der Waals surface area contributed by atoms with E-state index in [1.807, 2.05) is 32.0 Å². The second kappa shape index (κ2) is 6.75. The van der Waals surface area contributed by atoms with Gasteiger partial charge in [-0.25, -0.2) is 0 Å². The zero-order chi connectivity index (χ0) is 14.5. The van der Waals surface area contributed by atoms with E-state index >= 15 is 0 Å². The molecule has 0 heterocycles. The Morgan fingerprint density at radius 2 is 2.00 bits per heavy atom. The molecule has 0 spiro atoms. The van der Waals surface area contributed by atoms with Gasteiger partial charge < -0.3 is 15.2 Å². The molecule has 1 amide bonds. The number of aliphatic hydroxyl groups is 1. The second-order valence-electron chi connectivity index (χ2n) is 5.63. The first-order valence-electron chi connectivity index (χ1n) is 7.22.